The maximum Gasteiger partial charge on any atom is 0.391 e. The van der Waals surface area contributed by atoms with Crippen molar-refractivity contribution < 1.29 is 32.2 Å². The van der Waals surface area contributed by atoms with E-state index >= 15 is 0 Å². The van der Waals surface area contributed by atoms with Gasteiger partial charge in [-0.2, -0.15) is 13.2 Å². The second-order valence-corrected chi connectivity index (χ2v) is 10.0. The molecule has 0 aliphatic heterocycles. The number of alkyl halides is 3. The molecule has 1 aromatic heterocycles. The summed E-state index contributed by atoms with van der Waals surface area (Å²) in [6.45, 7) is 3.57. The number of hydrogen-bond acceptors (Lipinski definition) is 5. The summed E-state index contributed by atoms with van der Waals surface area (Å²) in [4.78, 5) is 13.5. The monoisotopic (exact) mass is 546 g/mol. The number of rotatable bonds is 11. The van der Waals surface area contributed by atoms with Gasteiger partial charge in [0.1, 0.15) is 17.2 Å². The highest BCUT2D eigenvalue weighted by atomic mass is 19.4. The van der Waals surface area contributed by atoms with Crippen molar-refractivity contribution in [3.63, 3.8) is 0 Å². The van der Waals surface area contributed by atoms with Gasteiger partial charge in [0.05, 0.1) is 26.2 Å². The van der Waals surface area contributed by atoms with Crippen molar-refractivity contribution in [2.75, 3.05) is 33.9 Å². The lowest BCUT2D eigenvalue weighted by Gasteiger charge is -2.31. The first-order valence-electron chi connectivity index (χ1n) is 13.6. The molecule has 212 valence electrons. The summed E-state index contributed by atoms with van der Waals surface area (Å²) in [6, 6.07) is 13.0. The van der Waals surface area contributed by atoms with Crippen LogP contribution in [-0.2, 0) is 11.3 Å². The number of carbonyl (C=O) groups is 1. The maximum absolute atomic E-state index is 13.6. The van der Waals surface area contributed by atoms with Gasteiger partial charge in [0.25, 0.3) is 0 Å². The van der Waals surface area contributed by atoms with Crippen LogP contribution in [0.2, 0.25) is 0 Å². The van der Waals surface area contributed by atoms with E-state index in [1.54, 1.807) is 14.0 Å². The number of halogens is 3. The fraction of sp³-hybridized carbons (Fsp3) is 0.500. The van der Waals surface area contributed by atoms with Gasteiger partial charge >= 0.3 is 12.1 Å². The molecular weight excluding hydrogens is 509 g/mol. The molecule has 0 spiro atoms. The van der Waals surface area contributed by atoms with Crippen molar-refractivity contribution in [1.29, 1.82) is 0 Å². The first-order valence-corrected chi connectivity index (χ1v) is 13.6. The molecule has 39 heavy (non-hydrogen) atoms. The lowest BCUT2D eigenvalue weighted by Crippen LogP contribution is -2.30. The third-order valence-electron chi connectivity index (χ3n) is 7.41. The highest BCUT2D eigenvalue weighted by molar-refractivity contribution is 6.09. The van der Waals surface area contributed by atoms with E-state index in [0.717, 1.165) is 29.4 Å². The topological polar surface area (TPSA) is 61.7 Å². The molecule has 0 radical (unpaired) electrons. The molecule has 4 rings (SSSR count). The standard InChI is InChI=1S/C30H37F3N2O4/c1-4-38-29(36)28-27(21-9-11-23(37-3)12-10-21)25-18-24(39-16-6-15-34-2)13-14-26(25)35(28)19-20-7-5-8-22(17-20)30(31,32)33/h9-14,18,20,22,34H,4-8,15-17,19H2,1-3H3. The summed E-state index contributed by atoms with van der Waals surface area (Å²) in [7, 11) is 3.47. The Kier molecular flexibility index (Phi) is 9.43. The summed E-state index contributed by atoms with van der Waals surface area (Å²) < 4.78 is 59.4. The second kappa shape index (κ2) is 12.8. The molecule has 0 amide bonds. The van der Waals surface area contributed by atoms with Crippen molar-refractivity contribution >= 4 is 16.9 Å². The van der Waals surface area contributed by atoms with E-state index < -0.39 is 18.1 Å². The first-order chi connectivity index (χ1) is 18.8. The Morgan fingerprint density at radius 3 is 2.51 bits per heavy atom. The Bertz CT molecular complexity index is 1250. The number of fused-ring (bicyclic) bond motifs is 1. The molecule has 2 aromatic carbocycles. The highest BCUT2D eigenvalue weighted by Gasteiger charge is 2.42. The molecule has 0 saturated heterocycles. The van der Waals surface area contributed by atoms with Crippen molar-refractivity contribution in [2.45, 2.75) is 51.7 Å². The Morgan fingerprint density at radius 1 is 1.10 bits per heavy atom. The molecule has 2 unspecified atom stereocenters. The fourth-order valence-electron chi connectivity index (χ4n) is 5.53. The van der Waals surface area contributed by atoms with Crippen molar-refractivity contribution in [2.24, 2.45) is 11.8 Å². The van der Waals surface area contributed by atoms with Gasteiger partial charge in [-0.1, -0.05) is 18.6 Å². The largest absolute Gasteiger partial charge is 0.497 e. The van der Waals surface area contributed by atoms with E-state index in [-0.39, 0.29) is 25.4 Å². The summed E-state index contributed by atoms with van der Waals surface area (Å²) in [6.07, 6.45) is -1.98. The highest BCUT2D eigenvalue weighted by Crippen LogP contribution is 2.43. The Morgan fingerprint density at radius 2 is 1.85 bits per heavy atom. The van der Waals surface area contributed by atoms with E-state index in [2.05, 4.69) is 5.32 Å². The van der Waals surface area contributed by atoms with E-state index in [1.807, 2.05) is 54.1 Å². The average molecular weight is 547 g/mol. The van der Waals surface area contributed by atoms with Crippen LogP contribution in [-0.4, -0.2) is 50.6 Å². The normalized spacial score (nSPS) is 17.8. The SMILES string of the molecule is CCOC(=O)c1c(-c2ccc(OC)cc2)c2cc(OCCCNC)ccc2n1CC1CCCC(C(F)(F)F)C1. The number of benzene rings is 2. The zero-order chi connectivity index (χ0) is 28.0. The van der Waals surface area contributed by atoms with Crippen LogP contribution in [0.3, 0.4) is 0 Å². The Labute approximate surface area is 227 Å². The van der Waals surface area contributed by atoms with E-state index in [9.17, 15) is 18.0 Å². The average Bonchev–Trinajstić information content (AvgIpc) is 3.24. The summed E-state index contributed by atoms with van der Waals surface area (Å²) in [5.41, 5.74) is 2.57. The van der Waals surface area contributed by atoms with Crippen LogP contribution in [0.1, 0.15) is 49.5 Å². The van der Waals surface area contributed by atoms with Gasteiger partial charge in [0.15, 0.2) is 0 Å². The van der Waals surface area contributed by atoms with Crippen LogP contribution in [0.5, 0.6) is 11.5 Å². The minimum absolute atomic E-state index is 0.0516. The summed E-state index contributed by atoms with van der Waals surface area (Å²) in [5, 5.41) is 3.88. The Balaban J connectivity index is 1.83. The number of nitrogens with one attached hydrogen (secondary N) is 1. The molecule has 9 heteroatoms. The quantitative estimate of drug-likeness (QED) is 0.211. The van der Waals surface area contributed by atoms with Crippen molar-refractivity contribution in [3.05, 3.63) is 48.2 Å². The zero-order valence-corrected chi connectivity index (χ0v) is 22.8. The predicted octanol–water partition coefficient (Wildman–Crippen LogP) is 6.85. The van der Waals surface area contributed by atoms with Crippen molar-refractivity contribution in [3.8, 4) is 22.6 Å². The zero-order valence-electron chi connectivity index (χ0n) is 22.8. The van der Waals surface area contributed by atoms with E-state index in [1.165, 1.54) is 0 Å². The van der Waals surface area contributed by atoms with Crippen LogP contribution in [0, 0.1) is 11.8 Å². The van der Waals surface area contributed by atoms with Crippen LogP contribution >= 0.6 is 0 Å². The Hall–Kier alpha value is -3.20. The van der Waals surface area contributed by atoms with E-state index in [4.69, 9.17) is 14.2 Å². The molecule has 2 atom stereocenters. The lowest BCUT2D eigenvalue weighted by molar-refractivity contribution is -0.186. The minimum atomic E-state index is -4.21. The smallest absolute Gasteiger partial charge is 0.391 e. The molecule has 1 fully saturated rings. The molecule has 1 N–H and O–H groups in total. The summed E-state index contributed by atoms with van der Waals surface area (Å²) >= 11 is 0. The molecule has 1 aliphatic rings. The third-order valence-corrected chi connectivity index (χ3v) is 7.41. The van der Waals surface area contributed by atoms with Gasteiger partial charge in [-0.25, -0.2) is 4.79 Å². The number of esters is 1. The van der Waals surface area contributed by atoms with Gasteiger partial charge in [-0.05, 0) is 88.0 Å². The van der Waals surface area contributed by atoms with E-state index in [0.29, 0.717) is 48.7 Å². The molecule has 6 nitrogen and oxygen atoms in total. The van der Waals surface area contributed by atoms with Gasteiger partial charge < -0.3 is 24.1 Å². The van der Waals surface area contributed by atoms with Crippen LogP contribution in [0.15, 0.2) is 42.5 Å². The summed E-state index contributed by atoms with van der Waals surface area (Å²) in [5.74, 6) is -0.692. The number of nitrogens with zero attached hydrogens (tertiary/aromatic N) is 1. The number of carbonyl (C=O) groups excluding carboxylic acids is 1. The molecular formula is C30H37F3N2O4. The fourth-order valence-corrected chi connectivity index (χ4v) is 5.53. The number of hydrogen-bond donors (Lipinski definition) is 1. The van der Waals surface area contributed by atoms with Crippen LogP contribution < -0.4 is 14.8 Å². The number of aromatic nitrogens is 1. The molecule has 1 aliphatic carbocycles. The van der Waals surface area contributed by atoms with Gasteiger partial charge in [-0.15, -0.1) is 0 Å². The predicted molar refractivity (Wildman–Crippen MR) is 145 cm³/mol. The van der Waals surface area contributed by atoms with Crippen LogP contribution in [0.4, 0.5) is 13.2 Å². The maximum atomic E-state index is 13.6. The number of methoxy groups -OCH3 is 1. The molecule has 1 saturated carbocycles. The molecule has 0 bridgehead atoms. The molecule has 1 heterocycles. The van der Waals surface area contributed by atoms with Gasteiger partial charge in [-0.3, -0.25) is 0 Å². The van der Waals surface area contributed by atoms with Crippen LogP contribution in [0.25, 0.3) is 22.0 Å². The molecule has 3 aromatic rings. The number of ether oxygens (including phenoxy) is 3. The first kappa shape index (κ1) is 28.8. The van der Waals surface area contributed by atoms with Gasteiger partial charge in [0, 0.05) is 23.0 Å². The van der Waals surface area contributed by atoms with Gasteiger partial charge in [0.2, 0.25) is 0 Å². The lowest BCUT2D eigenvalue weighted by atomic mass is 9.81. The third kappa shape index (κ3) is 6.69. The minimum Gasteiger partial charge on any atom is -0.497 e. The second-order valence-electron chi connectivity index (χ2n) is 10.0. The van der Waals surface area contributed by atoms with Crippen molar-refractivity contribution in [1.82, 2.24) is 9.88 Å².